The highest BCUT2D eigenvalue weighted by atomic mass is 16.6. The Morgan fingerprint density at radius 1 is 1.17 bits per heavy atom. The highest BCUT2D eigenvalue weighted by Gasteiger charge is 2.63. The maximum atomic E-state index is 13.6. The fraction of sp³-hybridized carbons (Fsp3) is 0.240. The summed E-state index contributed by atoms with van der Waals surface area (Å²) in [4.78, 5) is 48.4. The van der Waals surface area contributed by atoms with Gasteiger partial charge in [0.15, 0.2) is 0 Å². The van der Waals surface area contributed by atoms with Crippen molar-refractivity contribution in [2.24, 2.45) is 0 Å². The molecule has 35 heavy (non-hydrogen) atoms. The van der Waals surface area contributed by atoms with Crippen molar-refractivity contribution in [1.29, 1.82) is 5.26 Å². The van der Waals surface area contributed by atoms with Crippen LogP contribution in [0.25, 0.3) is 10.9 Å². The molecule has 3 fully saturated rings. The molecular formula is C25H19N5O5. The zero-order valence-corrected chi connectivity index (χ0v) is 18.4. The number of nitrogens with zero attached hydrogens (tertiary/aromatic N) is 5. The third kappa shape index (κ3) is 3.05. The number of hydrogen-bond acceptors (Lipinski definition) is 7. The molecule has 1 aromatic heterocycles. The molecule has 2 unspecified atom stereocenters. The van der Waals surface area contributed by atoms with Gasteiger partial charge in [0.1, 0.15) is 17.9 Å². The van der Waals surface area contributed by atoms with Crippen LogP contribution in [-0.4, -0.2) is 62.6 Å². The molecular weight excluding hydrogens is 450 g/mol. The van der Waals surface area contributed by atoms with E-state index in [9.17, 15) is 24.8 Å². The molecule has 3 aliphatic rings. The number of rotatable bonds is 3. The Bertz CT molecular complexity index is 1430. The maximum absolute atomic E-state index is 13.6. The molecule has 6 rings (SSSR count). The molecule has 4 heterocycles. The summed E-state index contributed by atoms with van der Waals surface area (Å²) in [5.74, 6) is -0.0824. The van der Waals surface area contributed by atoms with E-state index in [4.69, 9.17) is 4.74 Å². The number of aromatic nitrogens is 1. The van der Waals surface area contributed by atoms with Gasteiger partial charge in [0, 0.05) is 18.1 Å². The van der Waals surface area contributed by atoms with Gasteiger partial charge in [-0.05, 0) is 48.4 Å². The second-order valence-corrected chi connectivity index (χ2v) is 8.73. The summed E-state index contributed by atoms with van der Waals surface area (Å²) in [7, 11) is 0. The van der Waals surface area contributed by atoms with Crippen LogP contribution in [0.5, 0.6) is 5.75 Å². The summed E-state index contributed by atoms with van der Waals surface area (Å²) in [6.07, 6.45) is 1.48. The quantitative estimate of drug-likeness (QED) is 0.584. The van der Waals surface area contributed by atoms with Crippen LogP contribution in [0.15, 0.2) is 54.7 Å². The van der Waals surface area contributed by atoms with Crippen molar-refractivity contribution in [2.75, 3.05) is 11.4 Å². The van der Waals surface area contributed by atoms with E-state index in [2.05, 4.69) is 11.1 Å². The fourth-order valence-corrected chi connectivity index (χ4v) is 5.35. The van der Waals surface area contributed by atoms with Gasteiger partial charge in [-0.2, -0.15) is 5.26 Å². The Morgan fingerprint density at radius 3 is 2.71 bits per heavy atom. The molecule has 174 valence electrons. The van der Waals surface area contributed by atoms with E-state index >= 15 is 0 Å². The van der Waals surface area contributed by atoms with Gasteiger partial charge in [-0.3, -0.25) is 9.78 Å². The van der Waals surface area contributed by atoms with Crippen molar-refractivity contribution in [3.63, 3.8) is 0 Å². The van der Waals surface area contributed by atoms with Gasteiger partial charge < -0.3 is 19.6 Å². The number of piperazine rings is 1. The van der Waals surface area contributed by atoms with E-state index in [0.29, 0.717) is 39.9 Å². The second-order valence-electron chi connectivity index (χ2n) is 8.73. The second kappa shape index (κ2) is 7.78. The van der Waals surface area contributed by atoms with Crippen LogP contribution < -0.4 is 9.64 Å². The minimum atomic E-state index is -0.798. The lowest BCUT2D eigenvalue weighted by Crippen LogP contribution is -2.55. The van der Waals surface area contributed by atoms with E-state index in [1.165, 1.54) is 4.90 Å². The lowest BCUT2D eigenvalue weighted by molar-refractivity contribution is -0.121. The molecule has 2 bridgehead atoms. The van der Waals surface area contributed by atoms with Gasteiger partial charge in [0.05, 0.1) is 35.5 Å². The highest BCUT2D eigenvalue weighted by molar-refractivity contribution is 6.25. The van der Waals surface area contributed by atoms with Crippen LogP contribution in [-0.2, 0) is 11.4 Å². The number of aliphatic hydroxyl groups is 1. The Kier molecular flexibility index (Phi) is 4.69. The first kappa shape index (κ1) is 21.1. The van der Waals surface area contributed by atoms with Crippen LogP contribution in [0.4, 0.5) is 15.3 Å². The summed E-state index contributed by atoms with van der Waals surface area (Å²) in [5, 5.41) is 19.1. The van der Waals surface area contributed by atoms with Crippen molar-refractivity contribution in [3.8, 4) is 11.8 Å². The smallest absolute Gasteiger partial charge is 0.410 e. The number of aliphatic hydroxyl groups excluding tert-OH is 1. The number of likely N-dealkylation sites (tertiary alicyclic amines) is 1. The Labute approximate surface area is 199 Å². The van der Waals surface area contributed by atoms with E-state index in [-0.39, 0.29) is 19.2 Å². The molecule has 4 amide bonds. The molecule has 0 spiro atoms. The molecule has 0 aliphatic carbocycles. The zero-order valence-electron chi connectivity index (χ0n) is 18.4. The number of pyridine rings is 1. The topological polar surface area (TPSA) is 127 Å². The number of fused-ring (bicyclic) bond motifs is 6. The zero-order chi connectivity index (χ0) is 24.3. The van der Waals surface area contributed by atoms with Crippen molar-refractivity contribution < 1.29 is 24.2 Å². The average Bonchev–Trinajstić information content (AvgIpc) is 3.55. The standard InChI is InChI=1S/C25H19N5O5/c26-11-15-5-8-19(18-2-1-9-27-21(15)18)30-23(32)22-20-10-16(29(22)24(30)33)12-28(20)25(34)35-17-6-3-14(13-31)4-7-17/h1-9,16,20,22,31H,10,12-13H2/t16?,20?,22-/m1/s1. The maximum Gasteiger partial charge on any atom is 0.415 e. The van der Waals surface area contributed by atoms with Crippen LogP contribution in [0.2, 0.25) is 0 Å². The molecule has 2 aromatic carbocycles. The van der Waals surface area contributed by atoms with E-state index in [1.807, 2.05) is 0 Å². The fourth-order valence-electron chi connectivity index (χ4n) is 5.35. The number of hydrogen-bond donors (Lipinski definition) is 1. The largest absolute Gasteiger partial charge is 0.415 e. The summed E-state index contributed by atoms with van der Waals surface area (Å²) < 4.78 is 5.49. The monoisotopic (exact) mass is 469 g/mol. The number of amides is 4. The number of urea groups is 1. The number of nitriles is 1. The SMILES string of the molecule is N#Cc1ccc(N2C(=O)[C@H]3C4CC(CN4C(=O)Oc4ccc(CO)cc4)N3C2=O)c2cccnc12. The summed E-state index contributed by atoms with van der Waals surface area (Å²) in [5.41, 5.74) is 1.83. The van der Waals surface area contributed by atoms with Crippen molar-refractivity contribution in [2.45, 2.75) is 31.2 Å². The van der Waals surface area contributed by atoms with Crippen LogP contribution in [0.3, 0.4) is 0 Å². The molecule has 3 atom stereocenters. The van der Waals surface area contributed by atoms with Crippen molar-refractivity contribution >= 4 is 34.6 Å². The third-order valence-corrected chi connectivity index (χ3v) is 6.92. The highest BCUT2D eigenvalue weighted by Crippen LogP contribution is 2.43. The van der Waals surface area contributed by atoms with Gasteiger partial charge in [-0.25, -0.2) is 14.5 Å². The molecule has 10 nitrogen and oxygen atoms in total. The van der Waals surface area contributed by atoms with Gasteiger partial charge in [0.25, 0.3) is 5.91 Å². The summed E-state index contributed by atoms with van der Waals surface area (Å²) in [6.45, 7) is 0.163. The number of imide groups is 1. The van der Waals surface area contributed by atoms with Crippen LogP contribution in [0, 0.1) is 11.3 Å². The lowest BCUT2D eigenvalue weighted by atomic mass is 10.1. The van der Waals surface area contributed by atoms with E-state index in [1.54, 1.807) is 59.6 Å². The summed E-state index contributed by atoms with van der Waals surface area (Å²) >= 11 is 0. The number of ether oxygens (including phenoxy) is 1. The van der Waals surface area contributed by atoms with Gasteiger partial charge in [0.2, 0.25) is 0 Å². The number of carbonyl (C=O) groups excluding carboxylic acids is 3. The van der Waals surface area contributed by atoms with Gasteiger partial charge >= 0.3 is 12.1 Å². The number of benzene rings is 2. The first-order valence-electron chi connectivity index (χ1n) is 11.1. The predicted molar refractivity (Wildman–Crippen MR) is 122 cm³/mol. The number of carbonyl (C=O) groups is 3. The van der Waals surface area contributed by atoms with Gasteiger partial charge in [-0.15, -0.1) is 0 Å². The average molecular weight is 469 g/mol. The molecule has 10 heteroatoms. The molecule has 0 radical (unpaired) electrons. The minimum absolute atomic E-state index is 0.112. The third-order valence-electron chi connectivity index (χ3n) is 6.92. The lowest BCUT2D eigenvalue weighted by Gasteiger charge is -2.34. The first-order chi connectivity index (χ1) is 17.0. The Morgan fingerprint density at radius 2 is 1.97 bits per heavy atom. The molecule has 1 N–H and O–H groups in total. The predicted octanol–water partition coefficient (Wildman–Crippen LogP) is 2.39. The first-order valence-corrected chi connectivity index (χ1v) is 11.1. The molecule has 3 aliphatic heterocycles. The van der Waals surface area contributed by atoms with E-state index < -0.39 is 30.1 Å². The molecule has 3 saturated heterocycles. The normalized spacial score (nSPS) is 22.6. The van der Waals surface area contributed by atoms with Crippen LogP contribution in [0.1, 0.15) is 17.5 Å². The van der Waals surface area contributed by atoms with Crippen molar-refractivity contribution in [1.82, 2.24) is 14.8 Å². The van der Waals surface area contributed by atoms with E-state index in [0.717, 1.165) is 4.90 Å². The van der Waals surface area contributed by atoms with Crippen LogP contribution >= 0.6 is 0 Å². The van der Waals surface area contributed by atoms with Crippen molar-refractivity contribution in [3.05, 3.63) is 65.9 Å². The van der Waals surface area contributed by atoms with Gasteiger partial charge in [-0.1, -0.05) is 12.1 Å². The molecule has 0 saturated carbocycles. The minimum Gasteiger partial charge on any atom is -0.410 e. The Balaban J connectivity index is 1.28. The Hall–Kier alpha value is -4.49. The molecule has 3 aromatic rings. The number of anilines is 1. The summed E-state index contributed by atoms with van der Waals surface area (Å²) in [6, 6.07) is 13.1.